The Balaban J connectivity index is 2.28. The van der Waals surface area contributed by atoms with Gasteiger partial charge in [-0.15, -0.1) is 0 Å². The molecule has 3 N–H and O–H groups in total. The van der Waals surface area contributed by atoms with Crippen molar-refractivity contribution in [2.75, 3.05) is 4.72 Å². The Hall–Kier alpha value is -1.74. The van der Waals surface area contributed by atoms with E-state index in [0.717, 1.165) is 0 Å². The lowest BCUT2D eigenvalue weighted by Crippen LogP contribution is -2.32. The minimum Gasteiger partial charge on any atom is -0.478 e. The zero-order valence-corrected chi connectivity index (χ0v) is 10.3. The average molecular weight is 292 g/mol. The van der Waals surface area contributed by atoms with Gasteiger partial charge in [-0.3, -0.25) is 4.72 Å². The summed E-state index contributed by atoms with van der Waals surface area (Å²) in [5.74, 6) is -4.08. The van der Waals surface area contributed by atoms with E-state index in [1.165, 1.54) is 0 Å². The van der Waals surface area contributed by atoms with Gasteiger partial charge in [0.2, 0.25) is 0 Å². The summed E-state index contributed by atoms with van der Waals surface area (Å²) < 4.78 is 53.6. The fourth-order valence-electron chi connectivity index (χ4n) is 1.39. The van der Waals surface area contributed by atoms with E-state index in [4.69, 9.17) is 5.11 Å². The normalized spacial score (nSPS) is 15.3. The molecule has 1 aromatic carbocycles. The second-order valence-corrected chi connectivity index (χ2v) is 5.56. The molecule has 6 nitrogen and oxygen atoms in total. The third kappa shape index (κ3) is 3.38. The van der Waals surface area contributed by atoms with Crippen LogP contribution in [0.5, 0.6) is 0 Å². The van der Waals surface area contributed by atoms with E-state index in [1.54, 1.807) is 0 Å². The number of hydrogen-bond donors (Lipinski definition) is 3. The molecule has 1 saturated carbocycles. The molecule has 104 valence electrons. The summed E-state index contributed by atoms with van der Waals surface area (Å²) in [4.78, 5) is 10.7. The van der Waals surface area contributed by atoms with Crippen LogP contribution in [0.1, 0.15) is 23.2 Å². The maximum atomic E-state index is 13.4. The highest BCUT2D eigenvalue weighted by Crippen LogP contribution is 2.23. The van der Waals surface area contributed by atoms with Crippen LogP contribution in [0.15, 0.2) is 12.1 Å². The number of carbonyl (C=O) groups is 1. The molecule has 0 aromatic heterocycles. The molecule has 19 heavy (non-hydrogen) atoms. The van der Waals surface area contributed by atoms with Crippen LogP contribution in [-0.2, 0) is 10.2 Å². The number of carboxylic acids is 1. The molecule has 0 spiro atoms. The fourth-order valence-corrected chi connectivity index (χ4v) is 2.57. The lowest BCUT2D eigenvalue weighted by atomic mass is 10.2. The van der Waals surface area contributed by atoms with Crippen molar-refractivity contribution in [3.8, 4) is 0 Å². The number of rotatable bonds is 5. The monoisotopic (exact) mass is 292 g/mol. The Morgan fingerprint density at radius 1 is 1.26 bits per heavy atom. The quantitative estimate of drug-likeness (QED) is 0.756. The zero-order chi connectivity index (χ0) is 14.2. The Labute approximate surface area is 107 Å². The summed E-state index contributed by atoms with van der Waals surface area (Å²) in [6, 6.07) is 0.720. The highest BCUT2D eigenvalue weighted by Gasteiger charge is 2.27. The second kappa shape index (κ2) is 4.74. The first-order valence-electron chi connectivity index (χ1n) is 5.31. The summed E-state index contributed by atoms with van der Waals surface area (Å²) in [5.41, 5.74) is -1.43. The summed E-state index contributed by atoms with van der Waals surface area (Å²) in [6.45, 7) is 0. The summed E-state index contributed by atoms with van der Waals surface area (Å²) in [6.07, 6.45) is 1.38. The van der Waals surface area contributed by atoms with Crippen molar-refractivity contribution in [1.29, 1.82) is 0 Å². The first-order chi connectivity index (χ1) is 8.78. The second-order valence-electron chi connectivity index (χ2n) is 4.11. The van der Waals surface area contributed by atoms with Gasteiger partial charge in [0.25, 0.3) is 10.2 Å². The predicted molar refractivity (Wildman–Crippen MR) is 62.0 cm³/mol. The van der Waals surface area contributed by atoms with E-state index < -0.39 is 39.1 Å². The number of benzene rings is 1. The van der Waals surface area contributed by atoms with E-state index in [-0.39, 0.29) is 6.04 Å². The van der Waals surface area contributed by atoms with Crippen LogP contribution in [0.2, 0.25) is 0 Å². The Morgan fingerprint density at radius 3 is 2.42 bits per heavy atom. The minimum absolute atomic E-state index is 0.194. The summed E-state index contributed by atoms with van der Waals surface area (Å²) >= 11 is 0. The molecule has 0 unspecified atom stereocenters. The van der Waals surface area contributed by atoms with Gasteiger partial charge in [0.1, 0.15) is 11.6 Å². The van der Waals surface area contributed by atoms with Crippen LogP contribution in [0.25, 0.3) is 0 Å². The number of anilines is 1. The molecule has 1 aromatic rings. The van der Waals surface area contributed by atoms with Gasteiger partial charge in [0, 0.05) is 12.1 Å². The number of hydrogen-bond acceptors (Lipinski definition) is 3. The number of halogens is 2. The van der Waals surface area contributed by atoms with Gasteiger partial charge in [-0.05, 0) is 18.9 Å². The van der Waals surface area contributed by atoms with Crippen molar-refractivity contribution in [1.82, 2.24) is 4.72 Å². The van der Waals surface area contributed by atoms with Crippen molar-refractivity contribution in [2.24, 2.45) is 0 Å². The Bertz CT molecular complexity index is 629. The first kappa shape index (κ1) is 13.7. The molecule has 0 bridgehead atoms. The molecular formula is C10H10F2N2O4S. The Morgan fingerprint density at radius 2 is 1.89 bits per heavy atom. The molecular weight excluding hydrogens is 282 g/mol. The maximum absolute atomic E-state index is 13.4. The first-order valence-corrected chi connectivity index (χ1v) is 6.79. The van der Waals surface area contributed by atoms with Crippen LogP contribution in [0, 0.1) is 11.6 Å². The Kier molecular flexibility index (Phi) is 3.42. The minimum atomic E-state index is -4.00. The van der Waals surface area contributed by atoms with Crippen LogP contribution in [0.4, 0.5) is 14.5 Å². The molecule has 0 saturated heterocycles. The molecule has 1 fully saturated rings. The largest absolute Gasteiger partial charge is 0.478 e. The molecule has 9 heteroatoms. The maximum Gasteiger partial charge on any atom is 0.338 e. The van der Waals surface area contributed by atoms with E-state index in [1.807, 2.05) is 4.72 Å². The van der Waals surface area contributed by atoms with E-state index in [2.05, 4.69) is 4.72 Å². The highest BCUT2D eigenvalue weighted by atomic mass is 32.2. The zero-order valence-electron chi connectivity index (χ0n) is 9.48. The fraction of sp³-hybridized carbons (Fsp3) is 0.300. The topological polar surface area (TPSA) is 95.5 Å². The summed E-state index contributed by atoms with van der Waals surface area (Å²) in [7, 11) is -4.00. The summed E-state index contributed by atoms with van der Waals surface area (Å²) in [5, 5.41) is 8.68. The van der Waals surface area contributed by atoms with E-state index in [9.17, 15) is 22.0 Å². The van der Waals surface area contributed by atoms with Gasteiger partial charge < -0.3 is 5.11 Å². The van der Waals surface area contributed by atoms with E-state index in [0.29, 0.717) is 25.0 Å². The standard InChI is InChI=1S/C10H10F2N2O4S/c11-7-4-8(12)9(3-6(7)10(15)16)14-19(17,18)13-5-1-2-5/h3-5,13-14H,1-2H2,(H,15,16). The molecule has 0 atom stereocenters. The lowest BCUT2D eigenvalue weighted by Gasteiger charge is -2.10. The molecule has 0 amide bonds. The molecule has 2 rings (SSSR count). The van der Waals surface area contributed by atoms with Crippen LogP contribution < -0.4 is 9.44 Å². The van der Waals surface area contributed by atoms with Gasteiger partial charge in [-0.25, -0.2) is 13.6 Å². The van der Waals surface area contributed by atoms with Crippen molar-refractivity contribution < 1.29 is 27.1 Å². The third-order valence-electron chi connectivity index (χ3n) is 2.43. The van der Waals surface area contributed by atoms with Crippen LogP contribution in [-0.4, -0.2) is 25.5 Å². The van der Waals surface area contributed by atoms with Crippen molar-refractivity contribution in [3.05, 3.63) is 29.3 Å². The third-order valence-corrected chi connectivity index (χ3v) is 3.56. The lowest BCUT2D eigenvalue weighted by molar-refractivity contribution is 0.0692. The number of carboxylic acid groups (broad SMARTS) is 1. The molecule has 0 aliphatic heterocycles. The van der Waals surface area contributed by atoms with Gasteiger partial charge in [-0.1, -0.05) is 0 Å². The molecule has 0 heterocycles. The van der Waals surface area contributed by atoms with Crippen LogP contribution >= 0.6 is 0 Å². The smallest absolute Gasteiger partial charge is 0.338 e. The van der Waals surface area contributed by atoms with Crippen molar-refractivity contribution in [2.45, 2.75) is 18.9 Å². The average Bonchev–Trinajstić information content (AvgIpc) is 3.04. The van der Waals surface area contributed by atoms with Gasteiger partial charge >= 0.3 is 5.97 Å². The predicted octanol–water partition coefficient (Wildman–Crippen LogP) is 1.07. The van der Waals surface area contributed by atoms with Crippen LogP contribution in [0.3, 0.4) is 0 Å². The van der Waals surface area contributed by atoms with Crippen molar-refractivity contribution in [3.63, 3.8) is 0 Å². The number of nitrogens with one attached hydrogen (secondary N) is 2. The SMILES string of the molecule is O=C(O)c1cc(NS(=O)(=O)NC2CC2)c(F)cc1F. The molecule has 1 aliphatic carbocycles. The highest BCUT2D eigenvalue weighted by molar-refractivity contribution is 7.90. The molecule has 1 aliphatic rings. The van der Waals surface area contributed by atoms with Gasteiger partial charge in [0.15, 0.2) is 0 Å². The van der Waals surface area contributed by atoms with Gasteiger partial charge in [-0.2, -0.15) is 13.1 Å². The van der Waals surface area contributed by atoms with Gasteiger partial charge in [0.05, 0.1) is 11.3 Å². The van der Waals surface area contributed by atoms with E-state index >= 15 is 0 Å². The molecule has 0 radical (unpaired) electrons. The van der Waals surface area contributed by atoms with Crippen molar-refractivity contribution >= 4 is 21.9 Å². The number of aromatic carboxylic acids is 1.